The van der Waals surface area contributed by atoms with Crippen molar-refractivity contribution >= 4 is 28.2 Å². The highest BCUT2D eigenvalue weighted by Crippen LogP contribution is 2.37. The SMILES string of the molecule is N#Cc1c(NC(=O)COC(=O)c2cc(-c3ccccc3)nn2-c2ccccc2)sc2c1CCCC2. The summed E-state index contributed by atoms with van der Waals surface area (Å²) in [5.41, 5.74) is 3.96. The summed E-state index contributed by atoms with van der Waals surface area (Å²) in [7, 11) is 0. The van der Waals surface area contributed by atoms with E-state index in [1.54, 1.807) is 6.07 Å². The predicted molar refractivity (Wildman–Crippen MR) is 134 cm³/mol. The Kier molecular flexibility index (Phi) is 6.42. The molecule has 1 aliphatic rings. The maximum atomic E-state index is 13.0. The second-order valence-corrected chi connectivity index (χ2v) is 9.28. The highest BCUT2D eigenvalue weighted by Gasteiger charge is 2.23. The predicted octanol–water partition coefficient (Wildman–Crippen LogP) is 5.15. The fourth-order valence-electron chi connectivity index (χ4n) is 4.18. The number of carbonyl (C=O) groups excluding carboxylic acids is 2. The molecule has 5 rings (SSSR count). The highest BCUT2D eigenvalue weighted by atomic mass is 32.1. The quantitative estimate of drug-likeness (QED) is 0.384. The first-order valence-electron chi connectivity index (χ1n) is 11.4. The molecule has 0 spiro atoms. The minimum Gasteiger partial charge on any atom is -0.451 e. The Bertz CT molecular complexity index is 1420. The van der Waals surface area contributed by atoms with Gasteiger partial charge >= 0.3 is 5.97 Å². The molecule has 2 aromatic heterocycles. The molecule has 1 aliphatic carbocycles. The second-order valence-electron chi connectivity index (χ2n) is 8.18. The number of para-hydroxylation sites is 1. The third-order valence-electron chi connectivity index (χ3n) is 5.86. The number of nitriles is 1. The lowest BCUT2D eigenvalue weighted by molar-refractivity contribution is -0.119. The van der Waals surface area contributed by atoms with Gasteiger partial charge in [-0.25, -0.2) is 9.48 Å². The van der Waals surface area contributed by atoms with Gasteiger partial charge in [-0.2, -0.15) is 10.4 Å². The topological polar surface area (TPSA) is 97.0 Å². The third kappa shape index (κ3) is 4.72. The van der Waals surface area contributed by atoms with Gasteiger partial charge in [0.05, 0.1) is 16.9 Å². The number of nitrogens with one attached hydrogen (secondary N) is 1. The molecule has 2 aromatic carbocycles. The van der Waals surface area contributed by atoms with Crippen molar-refractivity contribution in [2.45, 2.75) is 25.7 Å². The van der Waals surface area contributed by atoms with Gasteiger partial charge in [0, 0.05) is 10.4 Å². The molecule has 0 unspecified atom stereocenters. The standard InChI is InChI=1S/C27H22N4O3S/c28-16-21-20-13-7-8-14-24(20)35-26(21)29-25(32)17-34-27(33)23-15-22(18-9-3-1-4-10-18)30-31(23)19-11-5-2-6-12-19/h1-6,9-12,15H,7-8,13-14,17H2,(H,29,32). The number of esters is 1. The van der Waals surface area contributed by atoms with E-state index in [0.29, 0.717) is 21.9 Å². The molecule has 0 aliphatic heterocycles. The number of carbonyl (C=O) groups is 2. The van der Waals surface area contributed by atoms with E-state index in [9.17, 15) is 14.9 Å². The van der Waals surface area contributed by atoms with Crippen molar-refractivity contribution in [3.05, 3.63) is 88.4 Å². The zero-order chi connectivity index (χ0) is 24.2. The summed E-state index contributed by atoms with van der Waals surface area (Å²) in [4.78, 5) is 26.8. The Morgan fingerprint density at radius 1 is 1.06 bits per heavy atom. The molecule has 0 saturated carbocycles. The molecule has 2 heterocycles. The Balaban J connectivity index is 1.34. The molecule has 1 amide bonds. The summed E-state index contributed by atoms with van der Waals surface area (Å²) >= 11 is 1.44. The molecule has 8 heteroatoms. The number of hydrogen-bond donors (Lipinski definition) is 1. The van der Waals surface area contributed by atoms with Crippen molar-refractivity contribution in [2.75, 3.05) is 11.9 Å². The van der Waals surface area contributed by atoms with Crippen LogP contribution in [-0.4, -0.2) is 28.3 Å². The van der Waals surface area contributed by atoms with Crippen LogP contribution in [0.4, 0.5) is 5.00 Å². The number of thiophene rings is 1. The van der Waals surface area contributed by atoms with Gasteiger partial charge in [-0.1, -0.05) is 48.5 Å². The fourth-order valence-corrected chi connectivity index (χ4v) is 5.44. The second kappa shape index (κ2) is 9.95. The van der Waals surface area contributed by atoms with Crippen molar-refractivity contribution in [3.8, 4) is 23.0 Å². The van der Waals surface area contributed by atoms with Crippen molar-refractivity contribution in [1.82, 2.24) is 9.78 Å². The Morgan fingerprint density at radius 3 is 2.51 bits per heavy atom. The molecular weight excluding hydrogens is 460 g/mol. The van der Waals surface area contributed by atoms with Gasteiger partial charge in [-0.05, 0) is 49.4 Å². The van der Waals surface area contributed by atoms with E-state index < -0.39 is 18.5 Å². The summed E-state index contributed by atoms with van der Waals surface area (Å²) in [5.74, 6) is -1.15. The molecule has 7 nitrogen and oxygen atoms in total. The molecule has 0 fully saturated rings. The van der Waals surface area contributed by atoms with Crippen LogP contribution in [-0.2, 0) is 22.4 Å². The number of nitrogens with zero attached hydrogens (tertiary/aromatic N) is 3. The van der Waals surface area contributed by atoms with Crippen LogP contribution >= 0.6 is 11.3 Å². The van der Waals surface area contributed by atoms with Gasteiger partial charge < -0.3 is 10.1 Å². The van der Waals surface area contributed by atoms with Crippen molar-refractivity contribution in [3.63, 3.8) is 0 Å². The van der Waals surface area contributed by atoms with E-state index in [0.717, 1.165) is 41.7 Å². The van der Waals surface area contributed by atoms with Crippen molar-refractivity contribution in [1.29, 1.82) is 5.26 Å². The van der Waals surface area contributed by atoms with Crippen LogP contribution in [0.5, 0.6) is 0 Å². The summed E-state index contributed by atoms with van der Waals surface area (Å²) in [6.45, 7) is -0.465. The van der Waals surface area contributed by atoms with E-state index in [1.165, 1.54) is 16.0 Å². The number of ether oxygens (including phenoxy) is 1. The lowest BCUT2D eigenvalue weighted by atomic mass is 9.96. The summed E-state index contributed by atoms with van der Waals surface area (Å²) in [6.07, 6.45) is 3.91. The molecule has 4 aromatic rings. The van der Waals surface area contributed by atoms with Crippen LogP contribution in [0.1, 0.15) is 39.3 Å². The van der Waals surface area contributed by atoms with E-state index in [2.05, 4.69) is 16.5 Å². The number of anilines is 1. The maximum Gasteiger partial charge on any atom is 0.357 e. The molecule has 35 heavy (non-hydrogen) atoms. The number of rotatable bonds is 6. The van der Waals surface area contributed by atoms with Crippen molar-refractivity contribution < 1.29 is 14.3 Å². The van der Waals surface area contributed by atoms with E-state index in [-0.39, 0.29) is 5.69 Å². The van der Waals surface area contributed by atoms with Gasteiger partial charge in [0.25, 0.3) is 5.91 Å². The number of amides is 1. The highest BCUT2D eigenvalue weighted by molar-refractivity contribution is 7.16. The number of aryl methyl sites for hydroxylation is 1. The first-order chi connectivity index (χ1) is 17.1. The number of benzene rings is 2. The van der Waals surface area contributed by atoms with Gasteiger partial charge in [0.1, 0.15) is 11.1 Å². The molecular formula is C27H22N4O3S. The minimum absolute atomic E-state index is 0.215. The maximum absolute atomic E-state index is 13.0. The fraction of sp³-hybridized carbons (Fsp3) is 0.185. The Hall–Kier alpha value is -4.22. The molecule has 174 valence electrons. The van der Waals surface area contributed by atoms with E-state index in [4.69, 9.17) is 4.74 Å². The first-order valence-corrected chi connectivity index (χ1v) is 12.2. The first kappa shape index (κ1) is 22.6. The number of aromatic nitrogens is 2. The average Bonchev–Trinajstić information content (AvgIpc) is 3.50. The Labute approximate surface area is 206 Å². The monoisotopic (exact) mass is 482 g/mol. The van der Waals surface area contributed by atoms with Crippen LogP contribution in [0, 0.1) is 11.3 Å². The van der Waals surface area contributed by atoms with Crippen LogP contribution in [0.3, 0.4) is 0 Å². The molecule has 1 N–H and O–H groups in total. The smallest absolute Gasteiger partial charge is 0.357 e. The van der Waals surface area contributed by atoms with Gasteiger partial charge in [-0.15, -0.1) is 11.3 Å². The van der Waals surface area contributed by atoms with E-state index >= 15 is 0 Å². The van der Waals surface area contributed by atoms with Crippen LogP contribution in [0.2, 0.25) is 0 Å². The minimum atomic E-state index is -0.662. The lowest BCUT2D eigenvalue weighted by Gasteiger charge is -2.09. The molecule has 0 atom stereocenters. The van der Waals surface area contributed by atoms with Crippen molar-refractivity contribution in [2.24, 2.45) is 0 Å². The lowest BCUT2D eigenvalue weighted by Crippen LogP contribution is -2.22. The van der Waals surface area contributed by atoms with Crippen LogP contribution < -0.4 is 5.32 Å². The average molecular weight is 483 g/mol. The zero-order valence-corrected chi connectivity index (χ0v) is 19.7. The largest absolute Gasteiger partial charge is 0.451 e. The van der Waals surface area contributed by atoms with Gasteiger partial charge in [0.2, 0.25) is 0 Å². The summed E-state index contributed by atoms with van der Waals surface area (Å²) < 4.78 is 6.88. The number of hydrogen-bond acceptors (Lipinski definition) is 6. The van der Waals surface area contributed by atoms with E-state index in [1.807, 2.05) is 60.7 Å². The van der Waals surface area contributed by atoms with Gasteiger partial charge in [0.15, 0.2) is 12.3 Å². The van der Waals surface area contributed by atoms with Crippen LogP contribution in [0.15, 0.2) is 66.7 Å². The number of fused-ring (bicyclic) bond motifs is 1. The summed E-state index contributed by atoms with van der Waals surface area (Å²) in [5, 5.41) is 17.5. The molecule has 0 bridgehead atoms. The summed E-state index contributed by atoms with van der Waals surface area (Å²) in [6, 6.07) is 22.7. The van der Waals surface area contributed by atoms with Gasteiger partial charge in [-0.3, -0.25) is 4.79 Å². The molecule has 0 radical (unpaired) electrons. The Morgan fingerprint density at radius 2 is 1.77 bits per heavy atom. The van der Waals surface area contributed by atoms with Crippen LogP contribution in [0.25, 0.3) is 16.9 Å². The molecule has 0 saturated heterocycles. The zero-order valence-electron chi connectivity index (χ0n) is 18.9. The normalized spacial score (nSPS) is 12.4. The third-order valence-corrected chi connectivity index (χ3v) is 7.07.